The first-order valence-corrected chi connectivity index (χ1v) is 5.01. The normalized spacial score (nSPS) is 17.9. The van der Waals surface area contributed by atoms with E-state index in [1.54, 1.807) is 7.11 Å². The average Bonchev–Trinajstić information content (AvgIpc) is 2.15. The van der Waals surface area contributed by atoms with Crippen molar-refractivity contribution in [1.82, 2.24) is 0 Å². The second kappa shape index (κ2) is 3.26. The highest BCUT2D eigenvalue weighted by atomic mass is 16.5. The van der Waals surface area contributed by atoms with Gasteiger partial charge in [-0.25, -0.2) is 0 Å². The summed E-state index contributed by atoms with van der Waals surface area (Å²) in [5, 5.41) is 2.87. The Balaban J connectivity index is 2.52. The van der Waals surface area contributed by atoms with E-state index in [1.807, 2.05) is 18.2 Å². The molecule has 1 aliphatic rings. The first kappa shape index (κ1) is 10.0. The Labute approximate surface area is 89.4 Å². The third kappa shape index (κ3) is 1.69. The molecule has 1 N–H and O–H groups in total. The molecule has 1 aromatic carbocycles. The quantitative estimate of drug-likeness (QED) is 0.764. The fourth-order valence-corrected chi connectivity index (χ4v) is 2.03. The molecule has 1 amide bonds. The van der Waals surface area contributed by atoms with Crippen molar-refractivity contribution in [1.29, 1.82) is 0 Å². The monoisotopic (exact) mass is 205 g/mol. The molecule has 15 heavy (non-hydrogen) atoms. The van der Waals surface area contributed by atoms with Crippen LogP contribution in [0.5, 0.6) is 5.75 Å². The first-order valence-electron chi connectivity index (χ1n) is 5.01. The van der Waals surface area contributed by atoms with E-state index in [4.69, 9.17) is 4.74 Å². The van der Waals surface area contributed by atoms with Crippen molar-refractivity contribution in [2.24, 2.45) is 0 Å². The summed E-state index contributed by atoms with van der Waals surface area (Å²) in [6.07, 6.45) is 0.534. The number of hydrogen-bond donors (Lipinski definition) is 1. The number of fused-ring (bicyclic) bond motifs is 1. The van der Waals surface area contributed by atoms with Crippen LogP contribution in [0.1, 0.15) is 25.8 Å². The minimum Gasteiger partial charge on any atom is -0.497 e. The molecule has 1 aromatic rings. The van der Waals surface area contributed by atoms with Crippen LogP contribution in [0.3, 0.4) is 0 Å². The van der Waals surface area contributed by atoms with Crippen molar-refractivity contribution in [3.63, 3.8) is 0 Å². The topological polar surface area (TPSA) is 38.3 Å². The van der Waals surface area contributed by atoms with Crippen molar-refractivity contribution in [3.05, 3.63) is 23.8 Å². The van der Waals surface area contributed by atoms with Gasteiger partial charge in [-0.05, 0) is 11.6 Å². The van der Waals surface area contributed by atoms with Gasteiger partial charge in [-0.3, -0.25) is 4.79 Å². The number of benzene rings is 1. The molecule has 1 heterocycles. The molecule has 0 aromatic heterocycles. The van der Waals surface area contributed by atoms with Gasteiger partial charge in [0.15, 0.2) is 0 Å². The molecular weight excluding hydrogens is 190 g/mol. The lowest BCUT2D eigenvalue weighted by atomic mass is 9.78. The van der Waals surface area contributed by atoms with Crippen LogP contribution in [0.15, 0.2) is 18.2 Å². The maximum Gasteiger partial charge on any atom is 0.225 e. The van der Waals surface area contributed by atoms with E-state index in [0.717, 1.165) is 11.4 Å². The largest absolute Gasteiger partial charge is 0.497 e. The number of amides is 1. The highest BCUT2D eigenvalue weighted by Crippen LogP contribution is 2.38. The summed E-state index contributed by atoms with van der Waals surface area (Å²) in [6, 6.07) is 5.82. The number of hydrogen-bond acceptors (Lipinski definition) is 2. The zero-order valence-electron chi connectivity index (χ0n) is 9.26. The second-order valence-corrected chi connectivity index (χ2v) is 4.52. The molecule has 2 rings (SSSR count). The number of rotatable bonds is 1. The van der Waals surface area contributed by atoms with Crippen molar-refractivity contribution >= 4 is 11.6 Å². The fraction of sp³-hybridized carbons (Fsp3) is 0.417. The Morgan fingerprint density at radius 1 is 1.40 bits per heavy atom. The van der Waals surface area contributed by atoms with Crippen molar-refractivity contribution in [2.45, 2.75) is 25.7 Å². The van der Waals surface area contributed by atoms with Crippen LogP contribution in [0.4, 0.5) is 5.69 Å². The molecular formula is C12H15NO2. The van der Waals surface area contributed by atoms with Crippen LogP contribution in [0.2, 0.25) is 0 Å². The number of carbonyl (C=O) groups excluding carboxylic acids is 1. The Hall–Kier alpha value is -1.51. The van der Waals surface area contributed by atoms with Gasteiger partial charge in [-0.1, -0.05) is 19.9 Å². The summed E-state index contributed by atoms with van der Waals surface area (Å²) < 4.78 is 5.13. The average molecular weight is 205 g/mol. The van der Waals surface area contributed by atoms with Gasteiger partial charge in [0.1, 0.15) is 5.75 Å². The second-order valence-electron chi connectivity index (χ2n) is 4.52. The molecule has 0 bridgehead atoms. The minimum atomic E-state index is -0.0933. The maximum absolute atomic E-state index is 11.5. The standard InChI is InChI=1S/C12H15NO2/c1-12(2)7-11(14)13-10-6-8(15-3)4-5-9(10)12/h4-6H,7H2,1-3H3,(H,13,14). The van der Waals surface area contributed by atoms with Gasteiger partial charge in [0.25, 0.3) is 0 Å². The van der Waals surface area contributed by atoms with Gasteiger partial charge in [0.05, 0.1) is 7.11 Å². The Morgan fingerprint density at radius 3 is 2.80 bits per heavy atom. The zero-order valence-corrected chi connectivity index (χ0v) is 9.26. The van der Waals surface area contributed by atoms with E-state index in [-0.39, 0.29) is 11.3 Å². The predicted octanol–water partition coefficient (Wildman–Crippen LogP) is 2.32. The fourth-order valence-electron chi connectivity index (χ4n) is 2.03. The number of anilines is 1. The van der Waals surface area contributed by atoms with Gasteiger partial charge in [0, 0.05) is 23.6 Å². The molecule has 0 aliphatic carbocycles. The first-order chi connectivity index (χ1) is 7.03. The molecule has 0 spiro atoms. The number of methoxy groups -OCH3 is 1. The summed E-state index contributed by atoms with van der Waals surface area (Å²) in [6.45, 7) is 4.16. The van der Waals surface area contributed by atoms with Gasteiger partial charge in [-0.2, -0.15) is 0 Å². The van der Waals surface area contributed by atoms with E-state index < -0.39 is 0 Å². The summed E-state index contributed by atoms with van der Waals surface area (Å²) >= 11 is 0. The van der Waals surface area contributed by atoms with Crippen LogP contribution < -0.4 is 10.1 Å². The summed E-state index contributed by atoms with van der Waals surface area (Å²) in [5.74, 6) is 0.840. The molecule has 0 saturated carbocycles. The summed E-state index contributed by atoms with van der Waals surface area (Å²) in [7, 11) is 1.62. The Kier molecular flexibility index (Phi) is 2.18. The number of nitrogens with one attached hydrogen (secondary N) is 1. The van der Waals surface area contributed by atoms with E-state index in [2.05, 4.69) is 19.2 Å². The SMILES string of the molecule is COc1ccc2c(c1)NC(=O)CC2(C)C. The lowest BCUT2D eigenvalue weighted by Crippen LogP contribution is -2.32. The van der Waals surface area contributed by atoms with E-state index in [0.29, 0.717) is 6.42 Å². The smallest absolute Gasteiger partial charge is 0.225 e. The van der Waals surface area contributed by atoms with Gasteiger partial charge in [-0.15, -0.1) is 0 Å². The van der Waals surface area contributed by atoms with Crippen LogP contribution in [-0.2, 0) is 10.2 Å². The third-order valence-electron chi connectivity index (χ3n) is 2.83. The molecule has 0 radical (unpaired) electrons. The summed E-state index contributed by atoms with van der Waals surface area (Å²) in [4.78, 5) is 11.5. The molecule has 0 atom stereocenters. The molecule has 3 heteroatoms. The molecule has 1 aliphatic heterocycles. The molecule has 0 saturated heterocycles. The number of carbonyl (C=O) groups is 1. The van der Waals surface area contributed by atoms with E-state index >= 15 is 0 Å². The molecule has 80 valence electrons. The Morgan fingerprint density at radius 2 is 2.13 bits per heavy atom. The lowest BCUT2D eigenvalue weighted by Gasteiger charge is -2.32. The zero-order chi connectivity index (χ0) is 11.1. The minimum absolute atomic E-state index is 0.0701. The van der Waals surface area contributed by atoms with E-state index in [9.17, 15) is 4.79 Å². The van der Waals surface area contributed by atoms with Gasteiger partial charge < -0.3 is 10.1 Å². The Bertz CT molecular complexity index is 410. The number of ether oxygens (including phenoxy) is 1. The van der Waals surface area contributed by atoms with Crippen LogP contribution in [-0.4, -0.2) is 13.0 Å². The van der Waals surface area contributed by atoms with Crippen molar-refractivity contribution in [2.75, 3.05) is 12.4 Å². The maximum atomic E-state index is 11.5. The van der Waals surface area contributed by atoms with Crippen molar-refractivity contribution < 1.29 is 9.53 Å². The predicted molar refractivity (Wildman–Crippen MR) is 59.3 cm³/mol. The van der Waals surface area contributed by atoms with Crippen LogP contribution >= 0.6 is 0 Å². The van der Waals surface area contributed by atoms with Crippen LogP contribution in [0.25, 0.3) is 0 Å². The summed E-state index contributed by atoms with van der Waals surface area (Å²) in [5.41, 5.74) is 1.95. The molecule has 0 fully saturated rings. The van der Waals surface area contributed by atoms with E-state index in [1.165, 1.54) is 5.56 Å². The lowest BCUT2D eigenvalue weighted by molar-refractivity contribution is -0.117. The van der Waals surface area contributed by atoms with Crippen LogP contribution in [0, 0.1) is 0 Å². The molecule has 3 nitrogen and oxygen atoms in total. The highest BCUT2D eigenvalue weighted by Gasteiger charge is 2.31. The molecule has 0 unspecified atom stereocenters. The van der Waals surface area contributed by atoms with Gasteiger partial charge >= 0.3 is 0 Å². The third-order valence-corrected chi connectivity index (χ3v) is 2.83. The van der Waals surface area contributed by atoms with Gasteiger partial charge in [0.2, 0.25) is 5.91 Å². The highest BCUT2D eigenvalue weighted by molar-refractivity contribution is 5.95. The van der Waals surface area contributed by atoms with Crippen molar-refractivity contribution in [3.8, 4) is 5.75 Å².